The van der Waals surface area contributed by atoms with Gasteiger partial charge in [0, 0.05) is 44.3 Å². The average Bonchev–Trinajstić information content (AvgIpc) is 2.48. The van der Waals surface area contributed by atoms with Gasteiger partial charge in [-0.15, -0.1) is 0 Å². The third-order valence-electron chi connectivity index (χ3n) is 4.09. The van der Waals surface area contributed by atoms with Gasteiger partial charge in [-0.1, -0.05) is 13.8 Å². The molecule has 0 spiro atoms. The molecule has 21 heavy (non-hydrogen) atoms. The molecule has 5 heteroatoms. The Morgan fingerprint density at radius 3 is 2.29 bits per heavy atom. The number of piperazine rings is 1. The van der Waals surface area contributed by atoms with Gasteiger partial charge in [0.05, 0.1) is 0 Å². The third kappa shape index (κ3) is 4.17. The van der Waals surface area contributed by atoms with E-state index in [4.69, 9.17) is 5.73 Å². The summed E-state index contributed by atoms with van der Waals surface area (Å²) in [5, 5.41) is 0. The van der Waals surface area contributed by atoms with E-state index >= 15 is 0 Å². The van der Waals surface area contributed by atoms with Gasteiger partial charge in [-0.25, -0.2) is 4.39 Å². The van der Waals surface area contributed by atoms with Crippen molar-refractivity contribution in [1.29, 1.82) is 0 Å². The first-order chi connectivity index (χ1) is 9.97. The SMILES string of the molecule is CC(C)C(N)CC(=O)N1CCN(c2ccc(F)cc2)CC1. The minimum Gasteiger partial charge on any atom is -0.368 e. The molecule has 0 bridgehead atoms. The molecule has 1 aromatic rings. The van der Waals surface area contributed by atoms with Crippen LogP contribution >= 0.6 is 0 Å². The Hall–Kier alpha value is -1.62. The summed E-state index contributed by atoms with van der Waals surface area (Å²) in [7, 11) is 0. The van der Waals surface area contributed by atoms with Crippen molar-refractivity contribution in [2.24, 2.45) is 11.7 Å². The number of rotatable bonds is 4. The van der Waals surface area contributed by atoms with Crippen molar-refractivity contribution in [3.63, 3.8) is 0 Å². The van der Waals surface area contributed by atoms with Crippen LogP contribution in [0.15, 0.2) is 24.3 Å². The number of hydrogen-bond donors (Lipinski definition) is 1. The van der Waals surface area contributed by atoms with Crippen LogP contribution in [0.4, 0.5) is 10.1 Å². The number of hydrogen-bond acceptors (Lipinski definition) is 3. The Bertz CT molecular complexity index is 467. The molecule has 2 N–H and O–H groups in total. The summed E-state index contributed by atoms with van der Waals surface area (Å²) in [4.78, 5) is 16.2. The van der Waals surface area contributed by atoms with Crippen LogP contribution in [0.5, 0.6) is 0 Å². The molecule has 1 heterocycles. The molecule has 2 rings (SSSR count). The van der Waals surface area contributed by atoms with Crippen molar-refractivity contribution in [2.75, 3.05) is 31.1 Å². The number of anilines is 1. The summed E-state index contributed by atoms with van der Waals surface area (Å²) in [6, 6.07) is 6.42. The topological polar surface area (TPSA) is 49.6 Å². The number of benzene rings is 1. The fourth-order valence-corrected chi connectivity index (χ4v) is 2.43. The minimum atomic E-state index is -0.227. The molecular formula is C16H24FN3O. The second-order valence-electron chi connectivity index (χ2n) is 5.96. The highest BCUT2D eigenvalue weighted by molar-refractivity contribution is 5.77. The second-order valence-corrected chi connectivity index (χ2v) is 5.96. The van der Waals surface area contributed by atoms with Crippen LogP contribution in [0.2, 0.25) is 0 Å². The van der Waals surface area contributed by atoms with Crippen LogP contribution in [-0.4, -0.2) is 43.0 Å². The fourth-order valence-electron chi connectivity index (χ4n) is 2.43. The van der Waals surface area contributed by atoms with Gasteiger partial charge in [-0.05, 0) is 30.2 Å². The van der Waals surface area contributed by atoms with Crippen molar-refractivity contribution in [3.8, 4) is 0 Å². The zero-order valence-electron chi connectivity index (χ0n) is 12.8. The van der Waals surface area contributed by atoms with Gasteiger partial charge in [0.25, 0.3) is 0 Å². The van der Waals surface area contributed by atoms with E-state index in [0.717, 1.165) is 18.8 Å². The molecular weight excluding hydrogens is 269 g/mol. The first kappa shape index (κ1) is 15.8. The zero-order chi connectivity index (χ0) is 15.4. The summed E-state index contributed by atoms with van der Waals surface area (Å²) in [5.41, 5.74) is 6.97. The summed E-state index contributed by atoms with van der Waals surface area (Å²) in [5.74, 6) is 0.222. The van der Waals surface area contributed by atoms with Gasteiger partial charge in [0.2, 0.25) is 5.91 Å². The van der Waals surface area contributed by atoms with Crippen LogP contribution in [0, 0.1) is 11.7 Å². The quantitative estimate of drug-likeness (QED) is 0.921. The predicted molar refractivity (Wildman–Crippen MR) is 82.6 cm³/mol. The maximum Gasteiger partial charge on any atom is 0.224 e. The third-order valence-corrected chi connectivity index (χ3v) is 4.09. The highest BCUT2D eigenvalue weighted by Gasteiger charge is 2.23. The molecule has 0 aromatic heterocycles. The maximum atomic E-state index is 12.9. The van der Waals surface area contributed by atoms with Gasteiger partial charge < -0.3 is 15.5 Å². The monoisotopic (exact) mass is 293 g/mol. The van der Waals surface area contributed by atoms with Crippen molar-refractivity contribution < 1.29 is 9.18 Å². The molecule has 0 radical (unpaired) electrons. The van der Waals surface area contributed by atoms with Crippen LogP contribution in [0.3, 0.4) is 0 Å². The van der Waals surface area contributed by atoms with Crippen LogP contribution in [0.1, 0.15) is 20.3 Å². The molecule has 4 nitrogen and oxygen atoms in total. The van der Waals surface area contributed by atoms with Crippen molar-refractivity contribution in [2.45, 2.75) is 26.3 Å². The molecule has 0 saturated carbocycles. The molecule has 1 aliphatic heterocycles. The second kappa shape index (κ2) is 6.89. The standard InChI is InChI=1S/C16H24FN3O/c1-12(2)15(18)11-16(21)20-9-7-19(8-10-20)14-5-3-13(17)4-6-14/h3-6,12,15H,7-11,18H2,1-2H3. The molecule has 0 aliphatic carbocycles. The molecule has 1 unspecified atom stereocenters. The van der Waals surface area contributed by atoms with E-state index in [1.165, 1.54) is 12.1 Å². The van der Waals surface area contributed by atoms with E-state index < -0.39 is 0 Å². The Morgan fingerprint density at radius 2 is 1.76 bits per heavy atom. The van der Waals surface area contributed by atoms with Crippen molar-refractivity contribution in [1.82, 2.24) is 4.90 Å². The smallest absolute Gasteiger partial charge is 0.224 e. The Morgan fingerprint density at radius 1 is 1.19 bits per heavy atom. The Kier molecular flexibility index (Phi) is 5.17. The lowest BCUT2D eigenvalue weighted by atomic mass is 10.0. The average molecular weight is 293 g/mol. The van der Waals surface area contributed by atoms with Crippen LogP contribution in [-0.2, 0) is 4.79 Å². The molecule has 1 aromatic carbocycles. The first-order valence-corrected chi connectivity index (χ1v) is 7.51. The van der Waals surface area contributed by atoms with Gasteiger partial charge in [-0.2, -0.15) is 0 Å². The number of carbonyl (C=O) groups excluding carboxylic acids is 1. The van der Waals surface area contributed by atoms with Gasteiger partial charge in [-0.3, -0.25) is 4.79 Å². The number of halogens is 1. The number of nitrogens with two attached hydrogens (primary N) is 1. The lowest BCUT2D eigenvalue weighted by Gasteiger charge is -2.36. The van der Waals surface area contributed by atoms with Crippen molar-refractivity contribution in [3.05, 3.63) is 30.1 Å². The summed E-state index contributed by atoms with van der Waals surface area (Å²) >= 11 is 0. The number of carbonyl (C=O) groups is 1. The highest BCUT2D eigenvalue weighted by atomic mass is 19.1. The van der Waals surface area contributed by atoms with Crippen LogP contribution in [0.25, 0.3) is 0 Å². The van der Waals surface area contributed by atoms with Crippen molar-refractivity contribution >= 4 is 11.6 Å². The number of amides is 1. The zero-order valence-corrected chi connectivity index (χ0v) is 12.8. The van der Waals surface area contributed by atoms with Gasteiger partial charge >= 0.3 is 0 Å². The minimum absolute atomic E-state index is 0.0763. The van der Waals surface area contributed by atoms with Gasteiger partial charge in [0.1, 0.15) is 5.82 Å². The molecule has 1 saturated heterocycles. The van der Waals surface area contributed by atoms with E-state index in [0.29, 0.717) is 25.4 Å². The largest absolute Gasteiger partial charge is 0.368 e. The molecule has 1 fully saturated rings. The normalized spacial score (nSPS) is 17.2. The molecule has 1 amide bonds. The highest BCUT2D eigenvalue weighted by Crippen LogP contribution is 2.17. The summed E-state index contributed by atoms with van der Waals surface area (Å²) in [6.07, 6.45) is 0.411. The van der Waals surface area contributed by atoms with Gasteiger partial charge in [0.15, 0.2) is 0 Å². The Labute approximate surface area is 125 Å². The van der Waals surface area contributed by atoms with E-state index in [-0.39, 0.29) is 17.8 Å². The number of nitrogens with zero attached hydrogens (tertiary/aromatic N) is 2. The molecule has 1 aliphatic rings. The molecule has 116 valence electrons. The van der Waals surface area contributed by atoms with E-state index in [9.17, 15) is 9.18 Å². The van der Waals surface area contributed by atoms with E-state index in [1.54, 1.807) is 12.1 Å². The lowest BCUT2D eigenvalue weighted by Crippen LogP contribution is -2.50. The molecule has 1 atom stereocenters. The predicted octanol–water partition coefficient (Wildman–Crippen LogP) is 1.85. The summed E-state index contributed by atoms with van der Waals surface area (Å²) in [6.45, 7) is 7.00. The summed E-state index contributed by atoms with van der Waals surface area (Å²) < 4.78 is 12.9. The maximum absolute atomic E-state index is 12.9. The van der Waals surface area contributed by atoms with E-state index in [1.807, 2.05) is 18.7 Å². The fraction of sp³-hybridized carbons (Fsp3) is 0.562. The first-order valence-electron chi connectivity index (χ1n) is 7.51. The van der Waals surface area contributed by atoms with Crippen LogP contribution < -0.4 is 10.6 Å². The van der Waals surface area contributed by atoms with E-state index in [2.05, 4.69) is 4.90 Å². The lowest BCUT2D eigenvalue weighted by molar-refractivity contribution is -0.132. The Balaban J connectivity index is 1.85.